The molecular weight excluding hydrogens is 233 g/mol. The standard InChI is InChI=1S/C7H14BN3O4S/c1-4-7-6(8(12)13)5-9-11(7)16(14,15)10(2)3/h5,12-13H,4H2,1-3H3. The van der Waals surface area contributed by atoms with Gasteiger partial charge >= 0.3 is 17.3 Å². The molecule has 9 heteroatoms. The highest BCUT2D eigenvalue weighted by molar-refractivity contribution is 7.87. The van der Waals surface area contributed by atoms with Crippen LogP contribution in [0.3, 0.4) is 0 Å². The van der Waals surface area contributed by atoms with Gasteiger partial charge in [-0.2, -0.15) is 17.8 Å². The summed E-state index contributed by atoms with van der Waals surface area (Å²) in [6.45, 7) is 1.71. The summed E-state index contributed by atoms with van der Waals surface area (Å²) in [5.41, 5.74) is 0.372. The molecule has 1 aromatic heterocycles. The van der Waals surface area contributed by atoms with Crippen molar-refractivity contribution in [3.8, 4) is 0 Å². The van der Waals surface area contributed by atoms with E-state index in [9.17, 15) is 8.42 Å². The molecule has 0 saturated carbocycles. The summed E-state index contributed by atoms with van der Waals surface area (Å²) in [7, 11) is -2.68. The summed E-state index contributed by atoms with van der Waals surface area (Å²) < 4.78 is 25.4. The number of rotatable bonds is 4. The third kappa shape index (κ3) is 2.12. The Bertz CT molecular complexity index is 468. The van der Waals surface area contributed by atoms with Gasteiger partial charge in [-0.1, -0.05) is 6.92 Å². The van der Waals surface area contributed by atoms with Crippen molar-refractivity contribution in [3.63, 3.8) is 0 Å². The van der Waals surface area contributed by atoms with E-state index in [-0.39, 0.29) is 11.2 Å². The van der Waals surface area contributed by atoms with Crippen LogP contribution in [-0.4, -0.2) is 53.2 Å². The molecule has 1 heterocycles. The maximum absolute atomic E-state index is 11.8. The van der Waals surface area contributed by atoms with Gasteiger partial charge in [0.15, 0.2) is 0 Å². The van der Waals surface area contributed by atoms with Crippen LogP contribution in [0.1, 0.15) is 12.6 Å². The van der Waals surface area contributed by atoms with E-state index in [0.29, 0.717) is 6.42 Å². The molecule has 0 radical (unpaired) electrons. The highest BCUT2D eigenvalue weighted by atomic mass is 32.2. The van der Waals surface area contributed by atoms with Crippen LogP contribution in [0.15, 0.2) is 6.20 Å². The molecule has 0 saturated heterocycles. The normalized spacial score (nSPS) is 12.1. The monoisotopic (exact) mass is 247 g/mol. The van der Waals surface area contributed by atoms with Crippen LogP contribution in [0.4, 0.5) is 0 Å². The van der Waals surface area contributed by atoms with Crippen LogP contribution < -0.4 is 5.46 Å². The van der Waals surface area contributed by atoms with Gasteiger partial charge in [-0.25, -0.2) is 0 Å². The fourth-order valence-electron chi connectivity index (χ4n) is 1.28. The van der Waals surface area contributed by atoms with E-state index in [2.05, 4.69) is 5.10 Å². The first-order valence-electron chi connectivity index (χ1n) is 4.68. The molecule has 16 heavy (non-hydrogen) atoms. The Balaban J connectivity index is 3.37. The van der Waals surface area contributed by atoms with E-state index in [1.54, 1.807) is 6.92 Å². The quantitative estimate of drug-likeness (QED) is 0.587. The van der Waals surface area contributed by atoms with E-state index in [4.69, 9.17) is 10.0 Å². The molecular formula is C7H14BN3O4S. The molecule has 0 bridgehead atoms. The minimum absolute atomic E-state index is 0.105. The SMILES string of the molecule is CCc1c(B(O)O)cnn1S(=O)(=O)N(C)C. The topological polar surface area (TPSA) is 95.7 Å². The summed E-state index contributed by atoms with van der Waals surface area (Å²) >= 11 is 0. The smallest absolute Gasteiger partial charge is 0.423 e. The van der Waals surface area contributed by atoms with Crippen LogP contribution in [0.2, 0.25) is 0 Å². The van der Waals surface area contributed by atoms with Crippen LogP contribution >= 0.6 is 0 Å². The van der Waals surface area contributed by atoms with Crippen LogP contribution in [-0.2, 0) is 16.6 Å². The summed E-state index contributed by atoms with van der Waals surface area (Å²) in [6.07, 6.45) is 1.48. The van der Waals surface area contributed by atoms with Gasteiger partial charge in [0.2, 0.25) is 0 Å². The molecule has 0 amide bonds. The molecule has 0 spiro atoms. The predicted molar refractivity (Wildman–Crippen MR) is 59.4 cm³/mol. The zero-order chi connectivity index (χ0) is 12.5. The van der Waals surface area contributed by atoms with Crippen molar-refractivity contribution in [1.29, 1.82) is 0 Å². The predicted octanol–water partition coefficient (Wildman–Crippen LogP) is -2.22. The third-order valence-corrected chi connectivity index (χ3v) is 3.83. The van der Waals surface area contributed by atoms with E-state index >= 15 is 0 Å². The first kappa shape index (κ1) is 13.2. The summed E-state index contributed by atoms with van der Waals surface area (Å²) in [6, 6.07) is 0. The molecule has 0 aromatic carbocycles. The van der Waals surface area contributed by atoms with Gasteiger partial charge in [0.25, 0.3) is 0 Å². The molecule has 90 valence electrons. The van der Waals surface area contributed by atoms with Crippen LogP contribution in [0.25, 0.3) is 0 Å². The first-order valence-corrected chi connectivity index (χ1v) is 6.08. The first-order chi connectivity index (χ1) is 7.32. The number of hydrogen-bond donors (Lipinski definition) is 2. The minimum atomic E-state index is -3.72. The molecule has 0 fully saturated rings. The fraction of sp³-hybridized carbons (Fsp3) is 0.571. The Hall–Kier alpha value is -0.895. The average Bonchev–Trinajstić information content (AvgIpc) is 2.60. The lowest BCUT2D eigenvalue weighted by molar-refractivity contribution is 0.425. The van der Waals surface area contributed by atoms with Gasteiger partial charge in [0, 0.05) is 19.6 Å². The largest absolute Gasteiger partial charge is 0.491 e. The summed E-state index contributed by atoms with van der Waals surface area (Å²) in [5, 5.41) is 21.8. The second-order valence-corrected chi connectivity index (χ2v) is 5.38. The maximum atomic E-state index is 11.8. The molecule has 1 aromatic rings. The Morgan fingerprint density at radius 2 is 2.06 bits per heavy atom. The van der Waals surface area contributed by atoms with Crippen molar-refractivity contribution >= 4 is 22.8 Å². The van der Waals surface area contributed by atoms with E-state index in [0.717, 1.165) is 14.6 Å². The van der Waals surface area contributed by atoms with Crippen molar-refractivity contribution in [2.24, 2.45) is 0 Å². The van der Waals surface area contributed by atoms with Crippen molar-refractivity contribution in [2.45, 2.75) is 13.3 Å². The second kappa shape index (κ2) is 4.54. The Kier molecular flexibility index (Phi) is 3.74. The lowest BCUT2D eigenvalue weighted by Gasteiger charge is -2.13. The fourth-order valence-corrected chi connectivity index (χ4v) is 2.27. The van der Waals surface area contributed by atoms with E-state index in [1.807, 2.05) is 0 Å². The summed E-state index contributed by atoms with van der Waals surface area (Å²) in [4.78, 5) is 0. The highest BCUT2D eigenvalue weighted by Crippen LogP contribution is 2.05. The van der Waals surface area contributed by atoms with Gasteiger partial charge in [0.05, 0.1) is 11.9 Å². The Morgan fingerprint density at radius 3 is 2.44 bits per heavy atom. The van der Waals surface area contributed by atoms with Gasteiger partial charge in [0.1, 0.15) is 0 Å². The van der Waals surface area contributed by atoms with Crippen molar-refractivity contribution in [2.75, 3.05) is 14.1 Å². The molecule has 0 atom stereocenters. The van der Waals surface area contributed by atoms with Gasteiger partial charge in [-0.05, 0) is 6.42 Å². The molecule has 7 nitrogen and oxygen atoms in total. The van der Waals surface area contributed by atoms with Crippen LogP contribution in [0, 0.1) is 0 Å². The van der Waals surface area contributed by atoms with Crippen molar-refractivity contribution in [3.05, 3.63) is 11.9 Å². The van der Waals surface area contributed by atoms with Gasteiger partial charge in [-0.3, -0.25) is 0 Å². The summed E-state index contributed by atoms with van der Waals surface area (Å²) in [5.74, 6) is 0. The molecule has 2 N–H and O–H groups in total. The van der Waals surface area contributed by atoms with Gasteiger partial charge in [-0.15, -0.1) is 4.09 Å². The Labute approximate surface area is 94.6 Å². The molecule has 1 rings (SSSR count). The lowest BCUT2D eigenvalue weighted by Crippen LogP contribution is -2.35. The van der Waals surface area contributed by atoms with Crippen molar-refractivity contribution < 1.29 is 18.5 Å². The number of nitrogens with zero attached hydrogens (tertiary/aromatic N) is 3. The van der Waals surface area contributed by atoms with Crippen LogP contribution in [0.5, 0.6) is 0 Å². The van der Waals surface area contributed by atoms with E-state index in [1.165, 1.54) is 14.1 Å². The van der Waals surface area contributed by atoms with Crippen molar-refractivity contribution in [1.82, 2.24) is 13.5 Å². The Morgan fingerprint density at radius 1 is 1.50 bits per heavy atom. The van der Waals surface area contributed by atoms with E-state index < -0.39 is 17.3 Å². The molecule has 0 aliphatic carbocycles. The van der Waals surface area contributed by atoms with Gasteiger partial charge < -0.3 is 10.0 Å². The average molecular weight is 247 g/mol. The zero-order valence-electron chi connectivity index (χ0n) is 9.32. The zero-order valence-corrected chi connectivity index (χ0v) is 10.1. The minimum Gasteiger partial charge on any atom is -0.423 e. The maximum Gasteiger partial charge on any atom is 0.491 e. The second-order valence-electron chi connectivity index (χ2n) is 3.41. The number of hydrogen-bond acceptors (Lipinski definition) is 5. The molecule has 0 aliphatic heterocycles. The molecule has 0 unspecified atom stereocenters. The lowest BCUT2D eigenvalue weighted by atomic mass is 9.80. The highest BCUT2D eigenvalue weighted by Gasteiger charge is 2.26. The number of aromatic nitrogens is 2. The molecule has 0 aliphatic rings. The third-order valence-electron chi connectivity index (χ3n) is 2.16.